The van der Waals surface area contributed by atoms with E-state index in [2.05, 4.69) is 9.88 Å². The predicted molar refractivity (Wildman–Crippen MR) is 102 cm³/mol. The summed E-state index contributed by atoms with van der Waals surface area (Å²) in [6.45, 7) is 3.75. The number of hydrogen-bond donors (Lipinski definition) is 0. The van der Waals surface area contributed by atoms with E-state index in [-0.39, 0.29) is 12.5 Å². The second-order valence-corrected chi connectivity index (χ2v) is 7.04. The highest BCUT2D eigenvalue weighted by atomic mass is 16.6. The van der Waals surface area contributed by atoms with Crippen molar-refractivity contribution in [2.75, 3.05) is 32.8 Å². The molecule has 0 bridgehead atoms. The molecule has 0 saturated carbocycles. The van der Waals surface area contributed by atoms with Gasteiger partial charge in [-0.2, -0.15) is 0 Å². The molecule has 2 aromatic carbocycles. The first-order valence-corrected chi connectivity index (χ1v) is 9.50. The van der Waals surface area contributed by atoms with Gasteiger partial charge in [0.1, 0.15) is 12.1 Å². The van der Waals surface area contributed by atoms with Crippen molar-refractivity contribution in [2.45, 2.75) is 12.6 Å². The lowest BCUT2D eigenvalue weighted by Gasteiger charge is -2.36. The van der Waals surface area contributed by atoms with Crippen LogP contribution in [0.25, 0.3) is 11.1 Å². The lowest BCUT2D eigenvalue weighted by atomic mass is 10.2. The topological polar surface area (TPSA) is 68.0 Å². The molecular weight excluding hydrogens is 358 g/mol. The summed E-state index contributed by atoms with van der Waals surface area (Å²) in [7, 11) is 0. The number of piperazine rings is 1. The summed E-state index contributed by atoms with van der Waals surface area (Å²) in [5.74, 6) is 2.01. The smallest absolute Gasteiger partial charge is 0.267 e. The van der Waals surface area contributed by atoms with Crippen molar-refractivity contribution in [1.82, 2.24) is 14.8 Å². The van der Waals surface area contributed by atoms with Crippen LogP contribution in [0, 0.1) is 0 Å². The number of ether oxygens (including phenoxy) is 2. The van der Waals surface area contributed by atoms with Crippen molar-refractivity contribution < 1.29 is 18.7 Å². The summed E-state index contributed by atoms with van der Waals surface area (Å²) in [6.07, 6.45) is -0.585. The molecule has 0 aliphatic carbocycles. The summed E-state index contributed by atoms with van der Waals surface area (Å²) in [5, 5.41) is 0. The van der Waals surface area contributed by atoms with E-state index in [4.69, 9.17) is 13.9 Å². The van der Waals surface area contributed by atoms with Gasteiger partial charge in [0.2, 0.25) is 12.0 Å². The predicted octanol–water partition coefficient (Wildman–Crippen LogP) is 2.31. The Balaban J connectivity index is 1.17. The standard InChI is InChI=1S/C21H21N3O4/c25-21(19-14-26-17-7-3-4-8-18(17)27-19)24-11-9-23(10-12-24)13-20-22-15-5-1-2-6-16(15)28-20/h1-8,19H,9-14H2. The number of carbonyl (C=O) groups excluding carboxylic acids is 1. The third-order valence-electron chi connectivity index (χ3n) is 5.17. The van der Waals surface area contributed by atoms with Crippen LogP contribution in [-0.4, -0.2) is 59.6 Å². The van der Waals surface area contributed by atoms with Crippen LogP contribution in [0.15, 0.2) is 52.9 Å². The molecule has 1 saturated heterocycles. The quantitative estimate of drug-likeness (QED) is 0.696. The van der Waals surface area contributed by atoms with Gasteiger partial charge < -0.3 is 18.8 Å². The fourth-order valence-corrected chi connectivity index (χ4v) is 3.65. The molecule has 0 spiro atoms. The Hall–Kier alpha value is -3.06. The van der Waals surface area contributed by atoms with Crippen LogP contribution in [0.1, 0.15) is 5.89 Å². The molecule has 7 heteroatoms. The van der Waals surface area contributed by atoms with E-state index in [1.54, 1.807) is 0 Å². The molecule has 5 rings (SSSR count). The Kier molecular flexibility index (Phi) is 4.37. The minimum absolute atomic E-state index is 0.0176. The fraction of sp³-hybridized carbons (Fsp3) is 0.333. The van der Waals surface area contributed by atoms with Crippen LogP contribution in [0.4, 0.5) is 0 Å². The highest BCUT2D eigenvalue weighted by Crippen LogP contribution is 2.31. The number of amides is 1. The number of carbonyl (C=O) groups is 1. The molecule has 144 valence electrons. The zero-order valence-electron chi connectivity index (χ0n) is 15.4. The highest BCUT2D eigenvalue weighted by molar-refractivity contribution is 5.82. The van der Waals surface area contributed by atoms with E-state index < -0.39 is 6.10 Å². The Morgan fingerprint density at radius 2 is 1.75 bits per heavy atom. The second kappa shape index (κ2) is 7.16. The van der Waals surface area contributed by atoms with Gasteiger partial charge in [0.25, 0.3) is 5.91 Å². The van der Waals surface area contributed by atoms with Gasteiger partial charge in [-0.05, 0) is 24.3 Å². The van der Waals surface area contributed by atoms with Gasteiger partial charge in [-0.25, -0.2) is 4.98 Å². The van der Waals surface area contributed by atoms with Gasteiger partial charge in [0.15, 0.2) is 17.1 Å². The lowest BCUT2D eigenvalue weighted by molar-refractivity contribution is -0.143. The zero-order chi connectivity index (χ0) is 18.9. The lowest BCUT2D eigenvalue weighted by Crippen LogP contribution is -2.53. The third kappa shape index (κ3) is 3.29. The van der Waals surface area contributed by atoms with E-state index in [9.17, 15) is 4.79 Å². The first-order valence-electron chi connectivity index (χ1n) is 9.50. The Morgan fingerprint density at radius 1 is 1.00 bits per heavy atom. The third-order valence-corrected chi connectivity index (χ3v) is 5.17. The van der Waals surface area contributed by atoms with Crippen LogP contribution in [0.3, 0.4) is 0 Å². The van der Waals surface area contributed by atoms with Crippen molar-refractivity contribution in [3.8, 4) is 11.5 Å². The van der Waals surface area contributed by atoms with Gasteiger partial charge in [0, 0.05) is 26.2 Å². The number of benzene rings is 2. The molecule has 2 aliphatic rings. The number of hydrogen-bond acceptors (Lipinski definition) is 6. The molecular formula is C21H21N3O4. The average Bonchev–Trinajstić information content (AvgIpc) is 3.16. The van der Waals surface area contributed by atoms with Gasteiger partial charge in [0.05, 0.1) is 6.54 Å². The minimum Gasteiger partial charge on any atom is -0.485 e. The number of fused-ring (bicyclic) bond motifs is 2. The number of rotatable bonds is 3. The van der Waals surface area contributed by atoms with E-state index in [0.29, 0.717) is 37.0 Å². The first kappa shape index (κ1) is 17.1. The van der Waals surface area contributed by atoms with E-state index >= 15 is 0 Å². The van der Waals surface area contributed by atoms with Crippen molar-refractivity contribution in [1.29, 1.82) is 0 Å². The molecule has 1 amide bonds. The number of oxazole rings is 1. The maximum Gasteiger partial charge on any atom is 0.267 e. The Labute approximate surface area is 162 Å². The molecule has 1 unspecified atom stereocenters. The molecule has 3 aromatic rings. The van der Waals surface area contributed by atoms with Gasteiger partial charge >= 0.3 is 0 Å². The van der Waals surface area contributed by atoms with E-state index in [1.165, 1.54) is 0 Å². The Morgan fingerprint density at radius 3 is 2.57 bits per heavy atom. The Bertz CT molecular complexity index is 961. The van der Waals surface area contributed by atoms with E-state index in [1.807, 2.05) is 53.4 Å². The van der Waals surface area contributed by atoms with Crippen LogP contribution < -0.4 is 9.47 Å². The monoisotopic (exact) mass is 379 g/mol. The van der Waals surface area contributed by atoms with Crippen molar-refractivity contribution in [3.63, 3.8) is 0 Å². The molecule has 2 aliphatic heterocycles. The summed E-state index contributed by atoms with van der Waals surface area (Å²) in [6, 6.07) is 15.2. The number of nitrogens with zero attached hydrogens (tertiary/aromatic N) is 3. The van der Waals surface area contributed by atoms with Gasteiger partial charge in [-0.1, -0.05) is 24.3 Å². The minimum atomic E-state index is -0.585. The molecule has 1 fully saturated rings. The summed E-state index contributed by atoms with van der Waals surface area (Å²) in [4.78, 5) is 21.5. The molecule has 28 heavy (non-hydrogen) atoms. The van der Waals surface area contributed by atoms with Crippen LogP contribution in [-0.2, 0) is 11.3 Å². The summed E-state index contributed by atoms with van der Waals surface area (Å²) in [5.41, 5.74) is 1.68. The molecule has 7 nitrogen and oxygen atoms in total. The zero-order valence-corrected chi connectivity index (χ0v) is 15.4. The highest BCUT2D eigenvalue weighted by Gasteiger charge is 2.32. The molecule has 0 N–H and O–H groups in total. The van der Waals surface area contributed by atoms with Crippen molar-refractivity contribution in [3.05, 3.63) is 54.4 Å². The van der Waals surface area contributed by atoms with Crippen molar-refractivity contribution in [2.24, 2.45) is 0 Å². The maximum absolute atomic E-state index is 12.8. The normalized spacial score (nSPS) is 19.7. The van der Waals surface area contributed by atoms with Gasteiger partial charge in [-0.15, -0.1) is 0 Å². The SMILES string of the molecule is O=C(C1COc2ccccc2O1)N1CCN(Cc2nc3ccccc3o2)CC1. The fourth-order valence-electron chi connectivity index (χ4n) is 3.65. The second-order valence-electron chi connectivity index (χ2n) is 7.04. The average molecular weight is 379 g/mol. The maximum atomic E-state index is 12.8. The number of para-hydroxylation sites is 4. The largest absolute Gasteiger partial charge is 0.485 e. The van der Waals surface area contributed by atoms with Gasteiger partial charge in [-0.3, -0.25) is 9.69 Å². The number of aromatic nitrogens is 1. The van der Waals surface area contributed by atoms with Crippen LogP contribution in [0.2, 0.25) is 0 Å². The molecule has 1 atom stereocenters. The first-order chi connectivity index (χ1) is 13.8. The van der Waals surface area contributed by atoms with E-state index in [0.717, 1.165) is 24.2 Å². The molecule has 1 aromatic heterocycles. The van der Waals surface area contributed by atoms with Crippen LogP contribution in [0.5, 0.6) is 11.5 Å². The van der Waals surface area contributed by atoms with Crippen LogP contribution >= 0.6 is 0 Å². The summed E-state index contributed by atoms with van der Waals surface area (Å²) < 4.78 is 17.3. The molecule has 3 heterocycles. The van der Waals surface area contributed by atoms with Crippen molar-refractivity contribution >= 4 is 17.0 Å². The summed E-state index contributed by atoms with van der Waals surface area (Å²) >= 11 is 0. The molecule has 0 radical (unpaired) electrons.